The Kier molecular flexibility index (Phi) is 5.33. The van der Waals surface area contributed by atoms with E-state index in [4.69, 9.17) is 4.74 Å². The maximum absolute atomic E-state index is 12.5. The minimum Gasteiger partial charge on any atom is -0.462 e. The number of aromatic nitrogens is 1. The van der Waals surface area contributed by atoms with E-state index >= 15 is 0 Å². The molecule has 0 amide bonds. The molecule has 21 heavy (non-hydrogen) atoms. The Morgan fingerprint density at radius 1 is 1.24 bits per heavy atom. The second-order valence-corrected chi connectivity index (χ2v) is 5.04. The van der Waals surface area contributed by atoms with Crippen molar-refractivity contribution in [3.8, 4) is 0 Å². The van der Waals surface area contributed by atoms with Crippen molar-refractivity contribution in [1.82, 2.24) is 4.57 Å². The van der Waals surface area contributed by atoms with Gasteiger partial charge < -0.3 is 9.30 Å². The number of alkyl halides is 1. The van der Waals surface area contributed by atoms with E-state index in [0.29, 0.717) is 23.0 Å². The van der Waals surface area contributed by atoms with Crippen molar-refractivity contribution < 1.29 is 9.53 Å². The Morgan fingerprint density at radius 3 is 2.57 bits per heavy atom. The highest BCUT2D eigenvalue weighted by Gasteiger charge is 2.16. The van der Waals surface area contributed by atoms with Crippen LogP contribution < -0.4 is 5.56 Å². The summed E-state index contributed by atoms with van der Waals surface area (Å²) in [6.07, 6.45) is 1.63. The highest BCUT2D eigenvalue weighted by molar-refractivity contribution is 9.08. The van der Waals surface area contributed by atoms with Crippen LogP contribution in [-0.4, -0.2) is 17.1 Å². The van der Waals surface area contributed by atoms with E-state index in [1.165, 1.54) is 0 Å². The maximum atomic E-state index is 12.5. The smallest absolute Gasteiger partial charge is 0.338 e. The van der Waals surface area contributed by atoms with Gasteiger partial charge in [0.2, 0.25) is 0 Å². The number of nitrogens with zero attached hydrogens (tertiary/aromatic N) is 1. The molecule has 0 aliphatic heterocycles. The van der Waals surface area contributed by atoms with Gasteiger partial charge in [0.15, 0.2) is 0 Å². The minimum atomic E-state index is -0.462. The maximum Gasteiger partial charge on any atom is 0.338 e. The van der Waals surface area contributed by atoms with Gasteiger partial charge in [0, 0.05) is 17.1 Å². The minimum absolute atomic E-state index is 0.179. The molecule has 5 heteroatoms. The van der Waals surface area contributed by atoms with Crippen molar-refractivity contribution in [1.29, 1.82) is 0 Å². The van der Waals surface area contributed by atoms with E-state index in [-0.39, 0.29) is 12.2 Å². The Hall–Kier alpha value is -1.88. The molecule has 1 heterocycles. The first-order valence-electron chi connectivity index (χ1n) is 6.66. The molecule has 0 atom stereocenters. The van der Waals surface area contributed by atoms with Gasteiger partial charge in [-0.25, -0.2) is 4.79 Å². The van der Waals surface area contributed by atoms with Crippen LogP contribution in [0.4, 0.5) is 0 Å². The van der Waals surface area contributed by atoms with Gasteiger partial charge >= 0.3 is 5.97 Å². The van der Waals surface area contributed by atoms with Crippen LogP contribution in [0.25, 0.3) is 0 Å². The van der Waals surface area contributed by atoms with Crippen LogP contribution >= 0.6 is 15.9 Å². The van der Waals surface area contributed by atoms with E-state index in [1.54, 1.807) is 23.8 Å². The summed E-state index contributed by atoms with van der Waals surface area (Å²) in [5, 5.41) is 0.315. The molecule has 0 radical (unpaired) electrons. The second kappa shape index (κ2) is 7.22. The van der Waals surface area contributed by atoms with Gasteiger partial charge in [0.25, 0.3) is 5.56 Å². The van der Waals surface area contributed by atoms with Crippen LogP contribution in [0.15, 0.2) is 47.4 Å². The molecular formula is C16H16BrNO3. The Balaban J connectivity index is 2.38. The largest absolute Gasteiger partial charge is 0.462 e. The van der Waals surface area contributed by atoms with Crippen molar-refractivity contribution in [2.24, 2.45) is 0 Å². The molecule has 0 unspecified atom stereocenters. The van der Waals surface area contributed by atoms with Gasteiger partial charge in [-0.15, -0.1) is 0 Å². The lowest BCUT2D eigenvalue weighted by Crippen LogP contribution is -2.26. The first-order chi connectivity index (χ1) is 10.2. The molecule has 2 aromatic rings. The van der Waals surface area contributed by atoms with Gasteiger partial charge in [-0.3, -0.25) is 4.79 Å². The van der Waals surface area contributed by atoms with Crippen LogP contribution in [0, 0.1) is 0 Å². The first kappa shape index (κ1) is 15.5. The predicted octanol–water partition coefficient (Wildman–Crippen LogP) is 2.97. The lowest BCUT2D eigenvalue weighted by molar-refractivity contribution is 0.0525. The average Bonchev–Trinajstić information content (AvgIpc) is 2.50. The first-order valence-corrected chi connectivity index (χ1v) is 7.78. The molecule has 2 rings (SSSR count). The SMILES string of the molecule is CCOC(=O)c1ccn(Cc2ccccc2)c(=O)c1CBr. The number of pyridine rings is 1. The average molecular weight is 350 g/mol. The number of ether oxygens (including phenoxy) is 1. The van der Waals surface area contributed by atoms with E-state index in [2.05, 4.69) is 15.9 Å². The van der Waals surface area contributed by atoms with E-state index in [9.17, 15) is 9.59 Å². The quantitative estimate of drug-likeness (QED) is 0.615. The predicted molar refractivity (Wildman–Crippen MR) is 84.8 cm³/mol. The van der Waals surface area contributed by atoms with Gasteiger partial charge in [0.05, 0.1) is 18.7 Å². The lowest BCUT2D eigenvalue weighted by Gasteiger charge is -2.11. The third-order valence-electron chi connectivity index (χ3n) is 3.09. The molecule has 0 spiro atoms. The third-order valence-corrected chi connectivity index (χ3v) is 3.65. The molecule has 1 aromatic carbocycles. The topological polar surface area (TPSA) is 48.3 Å². The second-order valence-electron chi connectivity index (χ2n) is 4.48. The molecule has 0 aliphatic rings. The molecule has 110 valence electrons. The van der Waals surface area contributed by atoms with Gasteiger partial charge in [0.1, 0.15) is 0 Å². The molecule has 0 bridgehead atoms. The van der Waals surface area contributed by atoms with E-state index in [0.717, 1.165) is 5.56 Å². The molecule has 0 saturated carbocycles. The third kappa shape index (κ3) is 3.61. The molecule has 4 nitrogen and oxygen atoms in total. The van der Waals surface area contributed by atoms with Gasteiger partial charge in [-0.1, -0.05) is 46.3 Å². The highest BCUT2D eigenvalue weighted by atomic mass is 79.9. The van der Waals surface area contributed by atoms with E-state index in [1.807, 2.05) is 30.3 Å². The number of halogens is 1. The summed E-state index contributed by atoms with van der Waals surface area (Å²) in [7, 11) is 0. The zero-order chi connectivity index (χ0) is 15.2. The summed E-state index contributed by atoms with van der Waals surface area (Å²) in [6.45, 7) is 2.50. The summed E-state index contributed by atoms with van der Waals surface area (Å²) in [4.78, 5) is 24.3. The van der Waals surface area contributed by atoms with Gasteiger partial charge in [-0.2, -0.15) is 0 Å². The summed E-state index contributed by atoms with van der Waals surface area (Å²) in [5.74, 6) is -0.462. The number of benzene rings is 1. The van der Waals surface area contributed by atoms with Crippen molar-refractivity contribution in [3.63, 3.8) is 0 Å². The fraction of sp³-hybridized carbons (Fsp3) is 0.250. The van der Waals surface area contributed by atoms with Crippen molar-refractivity contribution in [3.05, 3.63) is 69.6 Å². The summed E-state index contributed by atoms with van der Waals surface area (Å²) in [5.41, 5.74) is 1.60. The summed E-state index contributed by atoms with van der Waals surface area (Å²) >= 11 is 3.28. The van der Waals surface area contributed by atoms with Crippen molar-refractivity contribution in [2.45, 2.75) is 18.8 Å². The monoisotopic (exact) mass is 349 g/mol. The number of carbonyl (C=O) groups is 1. The highest BCUT2D eigenvalue weighted by Crippen LogP contribution is 2.11. The number of esters is 1. The number of hydrogen-bond donors (Lipinski definition) is 0. The fourth-order valence-corrected chi connectivity index (χ4v) is 2.60. The Morgan fingerprint density at radius 2 is 1.95 bits per heavy atom. The summed E-state index contributed by atoms with van der Waals surface area (Å²) < 4.78 is 6.57. The van der Waals surface area contributed by atoms with Crippen LogP contribution in [0.1, 0.15) is 28.4 Å². The molecule has 0 aliphatic carbocycles. The Bertz CT molecular complexity index is 680. The molecule has 1 aromatic heterocycles. The summed E-state index contributed by atoms with van der Waals surface area (Å²) in [6, 6.07) is 11.3. The lowest BCUT2D eigenvalue weighted by atomic mass is 10.1. The number of rotatable bonds is 5. The van der Waals surface area contributed by atoms with Crippen molar-refractivity contribution in [2.75, 3.05) is 6.61 Å². The molecule has 0 fully saturated rings. The van der Waals surface area contributed by atoms with Crippen LogP contribution in [-0.2, 0) is 16.6 Å². The fourth-order valence-electron chi connectivity index (χ4n) is 2.06. The standard InChI is InChI=1S/C16H16BrNO3/c1-2-21-16(20)13-8-9-18(15(19)14(13)10-17)11-12-6-4-3-5-7-12/h3-9H,2,10-11H2,1H3. The zero-order valence-electron chi connectivity index (χ0n) is 11.7. The molecule has 0 saturated heterocycles. The van der Waals surface area contributed by atoms with Crippen LogP contribution in [0.3, 0.4) is 0 Å². The zero-order valence-corrected chi connectivity index (χ0v) is 13.3. The van der Waals surface area contributed by atoms with Crippen molar-refractivity contribution >= 4 is 21.9 Å². The van der Waals surface area contributed by atoms with E-state index < -0.39 is 5.97 Å². The van der Waals surface area contributed by atoms with Crippen LogP contribution in [0.2, 0.25) is 0 Å². The Labute approximate surface area is 131 Å². The van der Waals surface area contributed by atoms with Gasteiger partial charge in [-0.05, 0) is 18.6 Å². The number of carbonyl (C=O) groups excluding carboxylic acids is 1. The number of hydrogen-bond acceptors (Lipinski definition) is 3. The molecule has 0 N–H and O–H groups in total. The molecular weight excluding hydrogens is 334 g/mol. The normalized spacial score (nSPS) is 10.4. The van der Waals surface area contributed by atoms with Crippen LogP contribution in [0.5, 0.6) is 0 Å².